The Morgan fingerprint density at radius 3 is 2.66 bits per heavy atom. The maximum atomic E-state index is 13.2. The number of fused-ring (bicyclic) bond motifs is 3. The largest absolute Gasteiger partial charge is 0.494 e. The van der Waals surface area contributed by atoms with E-state index >= 15 is 0 Å². The number of pyridine rings is 1. The van der Waals surface area contributed by atoms with Gasteiger partial charge in [0.05, 0.1) is 23.4 Å². The molecular weight excluding hydrogens is 398 g/mol. The number of hydrogen-bond donors (Lipinski definition) is 1. The minimum Gasteiger partial charge on any atom is -0.494 e. The molecule has 0 unspecified atom stereocenters. The minimum atomic E-state index is -0.196. The third-order valence-electron chi connectivity index (χ3n) is 7.03. The summed E-state index contributed by atoms with van der Waals surface area (Å²) in [4.78, 5) is 18.0. The van der Waals surface area contributed by atoms with Crippen molar-refractivity contribution >= 4 is 22.5 Å². The summed E-state index contributed by atoms with van der Waals surface area (Å²) in [6.07, 6.45) is 5.20. The summed E-state index contributed by atoms with van der Waals surface area (Å²) in [5.74, 6) is 2.74. The summed E-state index contributed by atoms with van der Waals surface area (Å²) in [6, 6.07) is 17.4. The van der Waals surface area contributed by atoms with E-state index in [0.717, 1.165) is 45.5 Å². The highest BCUT2D eigenvalue weighted by atomic mass is 16.5. The molecule has 2 saturated carbocycles. The number of aromatic nitrogens is 1. The summed E-state index contributed by atoms with van der Waals surface area (Å²) < 4.78 is 5.54. The Morgan fingerprint density at radius 2 is 1.94 bits per heavy atom. The van der Waals surface area contributed by atoms with E-state index in [1.54, 1.807) is 0 Å². The standard InChI is InChI=1S/C27H29N3O2/c1-3-32-21-12-10-19(11-13-21)26-16-24(22-6-4-5-7-25(22)28-26)27(31)30-29-17(2)23-15-18-8-9-20(23)14-18/h4-7,10-13,16,18,20,23H,3,8-9,14-15H2,1-2H3,(H,30,31)/b29-17-/t18-,20-,23-/m0/s1. The molecule has 2 bridgehead atoms. The van der Waals surface area contributed by atoms with Gasteiger partial charge < -0.3 is 4.74 Å². The first-order chi connectivity index (χ1) is 15.6. The zero-order chi connectivity index (χ0) is 22.1. The highest BCUT2D eigenvalue weighted by Crippen LogP contribution is 2.48. The molecule has 32 heavy (non-hydrogen) atoms. The topological polar surface area (TPSA) is 63.6 Å². The van der Waals surface area contributed by atoms with E-state index in [0.29, 0.717) is 18.1 Å². The van der Waals surface area contributed by atoms with Gasteiger partial charge in [0, 0.05) is 22.6 Å². The Kier molecular flexibility index (Phi) is 5.64. The summed E-state index contributed by atoms with van der Waals surface area (Å²) in [5.41, 5.74) is 6.96. The number of rotatable bonds is 6. The van der Waals surface area contributed by atoms with Crippen LogP contribution in [0.15, 0.2) is 59.7 Å². The Bertz CT molecular complexity index is 1170. The van der Waals surface area contributed by atoms with Gasteiger partial charge in [0.1, 0.15) is 5.75 Å². The van der Waals surface area contributed by atoms with Crippen LogP contribution < -0.4 is 10.2 Å². The van der Waals surface area contributed by atoms with E-state index in [1.807, 2.05) is 61.5 Å². The van der Waals surface area contributed by atoms with Crippen LogP contribution in [0.3, 0.4) is 0 Å². The van der Waals surface area contributed by atoms with E-state index in [-0.39, 0.29) is 5.91 Å². The third-order valence-corrected chi connectivity index (χ3v) is 7.03. The molecule has 0 saturated heterocycles. The molecule has 5 heteroatoms. The van der Waals surface area contributed by atoms with Gasteiger partial charge in [0.25, 0.3) is 5.91 Å². The van der Waals surface area contributed by atoms with Gasteiger partial charge in [0.2, 0.25) is 0 Å². The van der Waals surface area contributed by atoms with Crippen LogP contribution in [-0.4, -0.2) is 23.2 Å². The van der Waals surface area contributed by atoms with Crippen LogP contribution in [0.4, 0.5) is 0 Å². The predicted molar refractivity (Wildman–Crippen MR) is 128 cm³/mol. The Labute approximate surface area is 188 Å². The number of carbonyl (C=O) groups is 1. The third kappa shape index (κ3) is 3.99. The van der Waals surface area contributed by atoms with Gasteiger partial charge >= 0.3 is 0 Å². The zero-order valence-corrected chi connectivity index (χ0v) is 18.7. The summed E-state index contributed by atoms with van der Waals surface area (Å²) in [5, 5.41) is 5.35. The summed E-state index contributed by atoms with van der Waals surface area (Å²) in [7, 11) is 0. The van der Waals surface area contributed by atoms with E-state index in [9.17, 15) is 4.79 Å². The van der Waals surface area contributed by atoms with Gasteiger partial charge in [-0.05, 0) is 81.3 Å². The molecule has 1 N–H and O–H groups in total. The molecule has 5 nitrogen and oxygen atoms in total. The number of para-hydroxylation sites is 1. The Morgan fingerprint density at radius 1 is 1.12 bits per heavy atom. The van der Waals surface area contributed by atoms with Gasteiger partial charge in [-0.15, -0.1) is 0 Å². The van der Waals surface area contributed by atoms with Crippen molar-refractivity contribution in [3.8, 4) is 17.0 Å². The number of hydrazone groups is 1. The molecule has 3 atom stereocenters. The van der Waals surface area contributed by atoms with Crippen LogP contribution in [0.1, 0.15) is 49.9 Å². The number of ether oxygens (including phenoxy) is 1. The highest BCUT2D eigenvalue weighted by Gasteiger charge is 2.40. The van der Waals surface area contributed by atoms with Crippen molar-refractivity contribution in [3.63, 3.8) is 0 Å². The Balaban J connectivity index is 1.43. The van der Waals surface area contributed by atoms with E-state index in [2.05, 4.69) is 17.5 Å². The minimum absolute atomic E-state index is 0.196. The van der Waals surface area contributed by atoms with Crippen LogP contribution >= 0.6 is 0 Å². The number of carbonyl (C=O) groups excluding carboxylic acids is 1. The molecule has 1 amide bonds. The van der Waals surface area contributed by atoms with Crippen LogP contribution in [-0.2, 0) is 0 Å². The van der Waals surface area contributed by atoms with Gasteiger partial charge in [0.15, 0.2) is 0 Å². The van der Waals surface area contributed by atoms with Crippen molar-refractivity contribution in [2.45, 2.75) is 39.5 Å². The lowest BCUT2D eigenvalue weighted by Gasteiger charge is -2.21. The average Bonchev–Trinajstić information content (AvgIpc) is 3.46. The van der Waals surface area contributed by atoms with Gasteiger partial charge in [-0.3, -0.25) is 4.79 Å². The van der Waals surface area contributed by atoms with Crippen LogP contribution in [0.25, 0.3) is 22.2 Å². The van der Waals surface area contributed by atoms with Gasteiger partial charge in [-0.25, -0.2) is 10.4 Å². The zero-order valence-electron chi connectivity index (χ0n) is 18.7. The highest BCUT2D eigenvalue weighted by molar-refractivity contribution is 6.07. The van der Waals surface area contributed by atoms with Gasteiger partial charge in [-0.1, -0.05) is 24.6 Å². The number of amides is 1. The molecule has 1 aromatic heterocycles. The molecule has 5 rings (SSSR count). The first kappa shape index (κ1) is 20.7. The van der Waals surface area contributed by atoms with Crippen molar-refractivity contribution < 1.29 is 9.53 Å². The number of nitrogens with one attached hydrogen (secondary N) is 1. The quantitative estimate of drug-likeness (QED) is 0.397. The van der Waals surface area contributed by atoms with Crippen LogP contribution in [0, 0.1) is 17.8 Å². The predicted octanol–water partition coefficient (Wildman–Crippen LogP) is 5.84. The fourth-order valence-corrected chi connectivity index (χ4v) is 5.44. The van der Waals surface area contributed by atoms with Crippen LogP contribution in [0.2, 0.25) is 0 Å². The smallest absolute Gasteiger partial charge is 0.272 e. The second-order valence-electron chi connectivity index (χ2n) is 9.01. The lowest BCUT2D eigenvalue weighted by atomic mass is 9.86. The first-order valence-corrected chi connectivity index (χ1v) is 11.6. The average molecular weight is 428 g/mol. The molecule has 164 valence electrons. The lowest BCUT2D eigenvalue weighted by molar-refractivity contribution is 0.0956. The fourth-order valence-electron chi connectivity index (χ4n) is 5.44. The van der Waals surface area contributed by atoms with Crippen LogP contribution in [0.5, 0.6) is 5.75 Å². The lowest BCUT2D eigenvalue weighted by Crippen LogP contribution is -2.24. The fraction of sp³-hybridized carbons (Fsp3) is 0.370. The summed E-state index contributed by atoms with van der Waals surface area (Å²) >= 11 is 0. The van der Waals surface area contributed by atoms with Crippen molar-refractivity contribution in [1.82, 2.24) is 10.4 Å². The second-order valence-corrected chi connectivity index (χ2v) is 9.01. The molecule has 1 heterocycles. The van der Waals surface area contributed by atoms with Crippen molar-refractivity contribution in [1.29, 1.82) is 0 Å². The van der Waals surface area contributed by atoms with E-state index in [1.165, 1.54) is 25.7 Å². The monoisotopic (exact) mass is 427 g/mol. The SMILES string of the molecule is CCOc1ccc(-c2cc(C(=O)N/N=C(/C)[C@@H]3C[C@H]4CC[C@H]3C4)c3ccccc3n2)cc1. The van der Waals surface area contributed by atoms with Crippen molar-refractivity contribution in [2.24, 2.45) is 22.9 Å². The van der Waals surface area contributed by atoms with Crippen molar-refractivity contribution in [3.05, 3.63) is 60.2 Å². The second kappa shape index (κ2) is 8.73. The molecular formula is C27H29N3O2. The molecule has 2 aliphatic carbocycles. The van der Waals surface area contributed by atoms with E-state index < -0.39 is 0 Å². The maximum Gasteiger partial charge on any atom is 0.272 e. The van der Waals surface area contributed by atoms with E-state index in [4.69, 9.17) is 9.72 Å². The summed E-state index contributed by atoms with van der Waals surface area (Å²) in [6.45, 7) is 4.65. The number of hydrogen-bond acceptors (Lipinski definition) is 4. The van der Waals surface area contributed by atoms with Gasteiger partial charge in [-0.2, -0.15) is 5.10 Å². The normalized spacial score (nSPS) is 22.3. The first-order valence-electron chi connectivity index (χ1n) is 11.6. The molecule has 2 aliphatic rings. The molecule has 0 aliphatic heterocycles. The molecule has 2 fully saturated rings. The maximum absolute atomic E-state index is 13.2. The number of nitrogens with zero attached hydrogens (tertiary/aromatic N) is 2. The molecule has 0 radical (unpaired) electrons. The Hall–Kier alpha value is -3.21. The van der Waals surface area contributed by atoms with Crippen molar-refractivity contribution in [2.75, 3.05) is 6.61 Å². The molecule has 3 aromatic rings. The number of benzene rings is 2. The molecule has 0 spiro atoms. The molecule has 2 aromatic carbocycles.